The van der Waals surface area contributed by atoms with E-state index in [0.29, 0.717) is 31.6 Å². The van der Waals surface area contributed by atoms with Crippen LogP contribution < -0.4 is 19.6 Å². The van der Waals surface area contributed by atoms with Crippen LogP contribution in [0.5, 0.6) is 5.75 Å². The highest BCUT2D eigenvalue weighted by Gasteiger charge is 2.88. The van der Waals surface area contributed by atoms with Crippen molar-refractivity contribution >= 4 is 35.0 Å². The summed E-state index contributed by atoms with van der Waals surface area (Å²) >= 11 is 7.58. The van der Waals surface area contributed by atoms with E-state index in [4.69, 9.17) is 30.5 Å². The van der Waals surface area contributed by atoms with E-state index in [9.17, 15) is 9.59 Å². The van der Waals surface area contributed by atoms with Crippen LogP contribution in [0.25, 0.3) is 17.4 Å². The maximum atomic E-state index is 13.8. The van der Waals surface area contributed by atoms with E-state index in [2.05, 4.69) is 0 Å². The average molecular weight is 519 g/mol. The summed E-state index contributed by atoms with van der Waals surface area (Å²) in [5.41, 5.74) is -0.422. The van der Waals surface area contributed by atoms with Gasteiger partial charge in [0.1, 0.15) is 34.8 Å². The van der Waals surface area contributed by atoms with Gasteiger partial charge in [0.25, 0.3) is 5.56 Å². The third-order valence-corrected chi connectivity index (χ3v) is 8.81. The van der Waals surface area contributed by atoms with Crippen molar-refractivity contribution in [1.82, 2.24) is 4.57 Å². The summed E-state index contributed by atoms with van der Waals surface area (Å²) in [5.74, 6) is 0.793. The van der Waals surface area contributed by atoms with E-state index >= 15 is 0 Å². The summed E-state index contributed by atoms with van der Waals surface area (Å²) in [7, 11) is 1.36. The molecule has 1 saturated carbocycles. The number of para-hydroxylation sites is 1. The number of ether oxygens (including phenoxy) is 2. The van der Waals surface area contributed by atoms with Crippen LogP contribution in [0.1, 0.15) is 24.3 Å². The second kappa shape index (κ2) is 7.21. The fourth-order valence-electron chi connectivity index (χ4n) is 5.83. The molecule has 180 valence electrons. The molecule has 7 rings (SSSR count). The molecule has 3 aliphatic rings. The van der Waals surface area contributed by atoms with Crippen molar-refractivity contribution in [3.8, 4) is 17.1 Å². The molecule has 4 unspecified atom stereocenters. The lowest BCUT2D eigenvalue weighted by atomic mass is 9.97. The van der Waals surface area contributed by atoms with E-state index in [-0.39, 0.29) is 5.56 Å². The molecule has 0 N–H and O–H groups in total. The number of aromatic nitrogens is 1. The average Bonchev–Trinajstić information content (AvgIpc) is 3.27. The molecule has 4 heterocycles. The zero-order valence-corrected chi connectivity index (χ0v) is 20.8. The van der Waals surface area contributed by atoms with E-state index in [1.165, 1.54) is 18.4 Å². The number of thiazole rings is 1. The Morgan fingerprint density at radius 1 is 1.17 bits per heavy atom. The largest absolute Gasteiger partial charge is 0.481 e. The molecule has 4 atom stereocenters. The summed E-state index contributed by atoms with van der Waals surface area (Å²) in [6, 6.07) is 18.1. The molecule has 0 amide bonds. The van der Waals surface area contributed by atoms with Gasteiger partial charge in [-0.2, -0.15) is 0 Å². The van der Waals surface area contributed by atoms with Gasteiger partial charge in [0.05, 0.1) is 16.7 Å². The highest BCUT2D eigenvalue weighted by atomic mass is 35.5. The first-order valence-electron chi connectivity index (χ1n) is 11.4. The van der Waals surface area contributed by atoms with Crippen LogP contribution in [0.15, 0.2) is 74.9 Å². The van der Waals surface area contributed by atoms with Gasteiger partial charge in [-0.15, -0.1) is 0 Å². The van der Waals surface area contributed by atoms with Crippen LogP contribution >= 0.6 is 22.9 Å². The molecule has 2 aliphatic heterocycles. The highest BCUT2D eigenvalue weighted by molar-refractivity contribution is 7.07. The third-order valence-electron chi connectivity index (χ3n) is 7.50. The standard InChI is InChI=1S/C27H19ClN2O5S/c1-26-21(24(32)33-2)27(26)22(16-8-4-6-10-19(16)35-27)30-23(31)20(36-25(30)29-26)13-14-11-12-18(34-14)15-7-3-5-9-17(15)28/h3-13,21-22H,1-2H3/b20-13-. The van der Waals surface area contributed by atoms with Gasteiger partial charge in [0.15, 0.2) is 10.4 Å². The fourth-order valence-corrected chi connectivity index (χ4v) is 7.13. The molecule has 36 heavy (non-hydrogen) atoms. The quantitative estimate of drug-likeness (QED) is 0.387. The number of hydrogen-bond acceptors (Lipinski definition) is 7. The second-order valence-corrected chi connectivity index (χ2v) is 10.7. The van der Waals surface area contributed by atoms with Crippen molar-refractivity contribution in [3.63, 3.8) is 0 Å². The van der Waals surface area contributed by atoms with Gasteiger partial charge in [-0.1, -0.05) is 53.3 Å². The van der Waals surface area contributed by atoms with Crippen LogP contribution in [0.3, 0.4) is 0 Å². The van der Waals surface area contributed by atoms with Crippen molar-refractivity contribution in [3.05, 3.63) is 96.7 Å². The van der Waals surface area contributed by atoms with Gasteiger partial charge in [-0.25, -0.2) is 4.99 Å². The van der Waals surface area contributed by atoms with Gasteiger partial charge < -0.3 is 13.9 Å². The molecular weight excluding hydrogens is 500 g/mol. The number of halogens is 1. The minimum atomic E-state index is -0.999. The first kappa shape index (κ1) is 21.6. The number of hydrogen-bond donors (Lipinski definition) is 0. The van der Waals surface area contributed by atoms with E-state index < -0.39 is 29.1 Å². The van der Waals surface area contributed by atoms with E-state index in [1.807, 2.05) is 55.5 Å². The molecule has 0 bridgehead atoms. The molecule has 1 fully saturated rings. The molecule has 0 saturated heterocycles. The van der Waals surface area contributed by atoms with Crippen LogP contribution in [0.2, 0.25) is 5.02 Å². The Hall–Kier alpha value is -3.62. The Morgan fingerprint density at radius 2 is 1.94 bits per heavy atom. The first-order chi connectivity index (χ1) is 17.4. The number of methoxy groups -OCH3 is 1. The van der Waals surface area contributed by atoms with E-state index in [1.54, 1.807) is 22.8 Å². The summed E-state index contributed by atoms with van der Waals surface area (Å²) in [6.07, 6.45) is 1.72. The summed E-state index contributed by atoms with van der Waals surface area (Å²) < 4.78 is 19.7. The van der Waals surface area contributed by atoms with Gasteiger partial charge in [0, 0.05) is 17.2 Å². The number of benzene rings is 2. The van der Waals surface area contributed by atoms with Gasteiger partial charge in [-0.3, -0.25) is 14.2 Å². The normalized spacial score (nSPS) is 27.2. The number of esters is 1. The van der Waals surface area contributed by atoms with Crippen LogP contribution in [-0.2, 0) is 9.53 Å². The van der Waals surface area contributed by atoms with Crippen LogP contribution in [0, 0.1) is 5.92 Å². The number of rotatable bonds is 3. The lowest BCUT2D eigenvalue weighted by molar-refractivity contribution is -0.144. The molecule has 7 nitrogen and oxygen atoms in total. The molecule has 9 heteroatoms. The van der Waals surface area contributed by atoms with Crippen LogP contribution in [0.4, 0.5) is 0 Å². The predicted molar refractivity (Wildman–Crippen MR) is 134 cm³/mol. The summed E-state index contributed by atoms with van der Waals surface area (Å²) in [5, 5.41) is 0.585. The first-order valence-corrected chi connectivity index (χ1v) is 12.6. The van der Waals surface area contributed by atoms with Gasteiger partial charge in [0.2, 0.25) is 0 Å². The van der Waals surface area contributed by atoms with Crippen molar-refractivity contribution in [2.24, 2.45) is 10.9 Å². The third kappa shape index (κ3) is 2.60. The Bertz CT molecular complexity index is 1770. The fraction of sp³-hybridized carbons (Fsp3) is 0.222. The second-order valence-electron chi connectivity index (χ2n) is 9.30. The number of fused-ring (bicyclic) bond motifs is 4. The molecule has 1 spiro atoms. The zero-order valence-electron chi connectivity index (χ0n) is 19.2. The Kier molecular flexibility index (Phi) is 4.34. The SMILES string of the molecule is COC(=O)C1C2(C)N=c3s/c(=C\c4ccc(-c5ccccc5Cl)o4)c(=O)n3C3c4ccccc4OC312. The lowest BCUT2D eigenvalue weighted by Gasteiger charge is -2.26. The smallest absolute Gasteiger partial charge is 0.315 e. The number of nitrogens with zero attached hydrogens (tertiary/aromatic N) is 2. The Morgan fingerprint density at radius 3 is 2.75 bits per heavy atom. The monoisotopic (exact) mass is 518 g/mol. The minimum Gasteiger partial charge on any atom is -0.481 e. The molecule has 2 aromatic heterocycles. The summed E-state index contributed by atoms with van der Waals surface area (Å²) in [4.78, 5) is 32.0. The van der Waals surface area contributed by atoms with Gasteiger partial charge in [-0.05, 0) is 37.3 Å². The van der Waals surface area contributed by atoms with Crippen molar-refractivity contribution < 1.29 is 18.7 Å². The topological polar surface area (TPSA) is 83.0 Å². The number of carbonyl (C=O) groups is 1. The summed E-state index contributed by atoms with van der Waals surface area (Å²) in [6.45, 7) is 1.90. The van der Waals surface area contributed by atoms with Crippen molar-refractivity contribution in [2.75, 3.05) is 7.11 Å². The Balaban J connectivity index is 1.40. The van der Waals surface area contributed by atoms with Crippen molar-refractivity contribution in [1.29, 1.82) is 0 Å². The predicted octanol–water partition coefficient (Wildman–Crippen LogP) is 3.57. The number of carbonyl (C=O) groups excluding carboxylic acids is 1. The minimum absolute atomic E-state index is 0.211. The maximum absolute atomic E-state index is 13.8. The van der Waals surface area contributed by atoms with Crippen molar-refractivity contribution in [2.45, 2.75) is 24.1 Å². The molecule has 0 radical (unpaired) electrons. The van der Waals surface area contributed by atoms with E-state index in [0.717, 1.165) is 11.1 Å². The van der Waals surface area contributed by atoms with Gasteiger partial charge >= 0.3 is 5.97 Å². The molecule has 4 aromatic rings. The zero-order chi connectivity index (χ0) is 24.8. The molecule has 2 aromatic carbocycles. The maximum Gasteiger partial charge on any atom is 0.315 e. The highest BCUT2D eigenvalue weighted by Crippen LogP contribution is 2.70. The molecule has 1 aliphatic carbocycles. The lowest BCUT2D eigenvalue weighted by Crippen LogP contribution is -2.47. The Labute approximate surface area is 213 Å². The number of furan rings is 1. The van der Waals surface area contributed by atoms with Crippen LogP contribution in [-0.4, -0.2) is 28.8 Å². The molecular formula is C27H19ClN2O5S.